The quantitative estimate of drug-likeness (QED) is 0.688. The number of aromatic nitrogens is 1. The van der Waals surface area contributed by atoms with E-state index in [0.29, 0.717) is 0 Å². The molecule has 0 saturated carbocycles. The first-order valence-electron chi connectivity index (χ1n) is 5.64. The van der Waals surface area contributed by atoms with Crippen LogP contribution in [0.3, 0.4) is 0 Å². The van der Waals surface area contributed by atoms with E-state index in [1.165, 1.54) is 0 Å². The highest BCUT2D eigenvalue weighted by Gasteiger charge is 2.06. The molecule has 1 aromatic heterocycles. The number of hydrogen-bond acceptors (Lipinski definition) is 4. The number of nitrogens with zero attached hydrogens (tertiary/aromatic N) is 1. The van der Waals surface area contributed by atoms with Crippen LogP contribution in [-0.2, 0) is 0 Å². The Balaban J connectivity index is 2.07. The van der Waals surface area contributed by atoms with Crippen molar-refractivity contribution in [2.45, 2.75) is 0 Å². The highest BCUT2D eigenvalue weighted by Crippen LogP contribution is 2.32. The van der Waals surface area contributed by atoms with Crippen LogP contribution in [0.25, 0.3) is 20.8 Å². The molecule has 0 spiro atoms. The number of hydrogen-bond donors (Lipinski definition) is 2. The zero-order valence-corrected chi connectivity index (χ0v) is 10.7. The molecule has 0 aliphatic carbocycles. The van der Waals surface area contributed by atoms with Crippen LogP contribution in [0.4, 0.5) is 5.69 Å². The first kappa shape index (κ1) is 11.0. The summed E-state index contributed by atoms with van der Waals surface area (Å²) < 4.78 is 1.00. The second-order valence-electron chi connectivity index (χ2n) is 4.00. The third-order valence-electron chi connectivity index (χ3n) is 2.79. The van der Waals surface area contributed by atoms with Gasteiger partial charge in [0.1, 0.15) is 10.8 Å². The van der Waals surface area contributed by atoms with Crippen LogP contribution >= 0.6 is 11.3 Å². The number of phenolic OH excluding ortho intramolecular Hbond substituents is 1. The van der Waals surface area contributed by atoms with Crippen LogP contribution in [0, 0.1) is 0 Å². The smallest absolute Gasteiger partial charge is 0.124 e. The van der Waals surface area contributed by atoms with Gasteiger partial charge in [0, 0.05) is 18.3 Å². The van der Waals surface area contributed by atoms with Gasteiger partial charge in [-0.15, -0.1) is 11.3 Å². The topological polar surface area (TPSA) is 45.2 Å². The molecule has 0 fully saturated rings. The zero-order chi connectivity index (χ0) is 12.5. The van der Waals surface area contributed by atoms with Crippen LogP contribution in [0.1, 0.15) is 0 Å². The van der Waals surface area contributed by atoms with Crippen LogP contribution in [0.15, 0.2) is 42.5 Å². The molecule has 0 radical (unpaired) electrons. The van der Waals surface area contributed by atoms with Gasteiger partial charge in [-0.25, -0.2) is 4.98 Å². The van der Waals surface area contributed by atoms with E-state index < -0.39 is 0 Å². The third-order valence-corrected chi connectivity index (χ3v) is 3.86. The monoisotopic (exact) mass is 257 g/mol. The van der Waals surface area contributed by atoms with Gasteiger partial charge in [0.05, 0.1) is 10.2 Å². The summed E-state index contributed by atoms with van der Waals surface area (Å²) >= 11 is 1.59. The molecule has 0 aliphatic heterocycles. The zero-order valence-electron chi connectivity index (χ0n) is 9.84. The summed E-state index contributed by atoms with van der Waals surface area (Å²) in [4.78, 5) is 4.57. The molecule has 2 aromatic carbocycles. The molecule has 0 saturated heterocycles. The van der Waals surface area contributed by atoms with Crippen LogP contribution in [-0.4, -0.2) is 17.1 Å². The van der Waals surface area contributed by atoms with E-state index in [4.69, 9.17) is 0 Å². The van der Waals surface area contributed by atoms with Gasteiger partial charge in [0.25, 0.3) is 0 Å². The number of phenols is 1. The summed E-state index contributed by atoms with van der Waals surface area (Å²) in [6.07, 6.45) is 0. The van der Waals surface area contributed by atoms with Crippen molar-refractivity contribution < 1.29 is 5.11 Å². The lowest BCUT2D eigenvalue weighted by Crippen LogP contribution is -1.86. The molecule has 90 valence electrons. The molecule has 0 atom stereocenters. The van der Waals surface area contributed by atoms with Crippen molar-refractivity contribution in [2.75, 3.05) is 12.4 Å². The molecule has 2 N–H and O–H groups in total. The van der Waals surface area contributed by atoms with Gasteiger partial charge in [-0.2, -0.15) is 0 Å². The number of nitrogens with one attached hydrogen (secondary N) is 1. The summed E-state index contributed by atoms with van der Waals surface area (Å²) in [7, 11) is 1.90. The largest absolute Gasteiger partial charge is 0.508 e. The Kier molecular flexibility index (Phi) is 2.64. The summed E-state index contributed by atoms with van der Waals surface area (Å²) in [5, 5.41) is 13.5. The molecule has 3 nitrogen and oxygen atoms in total. The Hall–Kier alpha value is -2.07. The molecule has 0 aliphatic rings. The van der Waals surface area contributed by atoms with Crippen molar-refractivity contribution in [2.24, 2.45) is 0 Å². The van der Waals surface area contributed by atoms with Crippen LogP contribution < -0.4 is 5.32 Å². The van der Waals surface area contributed by atoms with E-state index in [1.807, 2.05) is 37.4 Å². The lowest BCUT2D eigenvalue weighted by atomic mass is 10.2. The van der Waals surface area contributed by atoms with E-state index in [0.717, 1.165) is 26.5 Å². The Morgan fingerprint density at radius 2 is 1.89 bits per heavy atom. The van der Waals surface area contributed by atoms with E-state index in [1.54, 1.807) is 23.5 Å². The lowest BCUT2D eigenvalue weighted by Gasteiger charge is -2.00. The summed E-state index contributed by atoms with van der Waals surface area (Å²) in [5.74, 6) is 0.281. The van der Waals surface area contributed by atoms with E-state index in [9.17, 15) is 5.11 Å². The van der Waals surface area contributed by atoms with Gasteiger partial charge in [-0.05, 0) is 42.5 Å². The minimum Gasteiger partial charge on any atom is -0.508 e. The van der Waals surface area contributed by atoms with Gasteiger partial charge in [-0.1, -0.05) is 0 Å². The first-order valence-corrected chi connectivity index (χ1v) is 6.45. The average Bonchev–Trinajstić information content (AvgIpc) is 2.81. The molecule has 1 heterocycles. The average molecular weight is 257 g/mol. The number of fused-ring (bicyclic) bond motifs is 1. The van der Waals surface area contributed by atoms with Crippen molar-refractivity contribution in [1.82, 2.24) is 4.98 Å². The highest BCUT2D eigenvalue weighted by atomic mass is 32.1. The number of benzene rings is 2. The Bertz CT molecular complexity index is 689. The maximum atomic E-state index is 9.45. The molecule has 4 heteroatoms. The van der Waals surface area contributed by atoms with Crippen molar-refractivity contribution in [3.05, 3.63) is 42.5 Å². The maximum absolute atomic E-state index is 9.45. The fraction of sp³-hybridized carbons (Fsp3) is 0.0714. The second-order valence-corrected chi connectivity index (χ2v) is 5.03. The minimum absolute atomic E-state index is 0.281. The minimum atomic E-state index is 0.281. The fourth-order valence-corrected chi connectivity index (χ4v) is 2.82. The summed E-state index contributed by atoms with van der Waals surface area (Å²) in [6, 6.07) is 13.4. The molecule has 3 rings (SSSR count). The van der Waals surface area contributed by atoms with Crippen LogP contribution in [0.5, 0.6) is 5.75 Å². The lowest BCUT2D eigenvalue weighted by molar-refractivity contribution is 0.476. The third kappa shape index (κ3) is 1.91. The van der Waals surface area contributed by atoms with Crippen molar-refractivity contribution in [1.29, 1.82) is 0 Å². The van der Waals surface area contributed by atoms with E-state index in [2.05, 4.69) is 10.3 Å². The predicted molar refractivity (Wildman–Crippen MR) is 76.3 cm³/mol. The van der Waals surface area contributed by atoms with E-state index in [-0.39, 0.29) is 5.75 Å². The molecule has 0 bridgehead atoms. The Morgan fingerprint density at radius 1 is 1.11 bits per heavy atom. The van der Waals surface area contributed by atoms with Crippen molar-refractivity contribution in [3.63, 3.8) is 0 Å². The Morgan fingerprint density at radius 3 is 2.61 bits per heavy atom. The SMILES string of the molecule is [13CH3]Nc1ccc(-c2nc3ccc(O)cc3s2)cc1. The van der Waals surface area contributed by atoms with Gasteiger partial charge in [0.15, 0.2) is 0 Å². The van der Waals surface area contributed by atoms with E-state index >= 15 is 0 Å². The fourth-order valence-electron chi connectivity index (χ4n) is 1.82. The highest BCUT2D eigenvalue weighted by molar-refractivity contribution is 7.21. The standard InChI is InChI=1S/C14H12N2OS/c1-15-10-4-2-9(3-5-10)14-16-12-7-6-11(17)8-13(12)18-14/h2-8,15,17H,1H3/i1+1. The second kappa shape index (κ2) is 4.31. The molecular formula is C14H12N2OS. The Labute approximate surface area is 109 Å². The number of anilines is 1. The number of aromatic hydroxyl groups is 1. The number of rotatable bonds is 2. The molecule has 18 heavy (non-hydrogen) atoms. The summed E-state index contributed by atoms with van der Waals surface area (Å²) in [5.41, 5.74) is 3.10. The van der Waals surface area contributed by atoms with Gasteiger partial charge >= 0.3 is 0 Å². The van der Waals surface area contributed by atoms with Crippen LogP contribution in [0.2, 0.25) is 0 Å². The summed E-state index contributed by atoms with van der Waals surface area (Å²) in [6.45, 7) is 0. The van der Waals surface area contributed by atoms with Gasteiger partial charge in [0.2, 0.25) is 0 Å². The maximum Gasteiger partial charge on any atom is 0.124 e. The first-order chi connectivity index (χ1) is 8.76. The molecule has 0 unspecified atom stereocenters. The number of thiazole rings is 1. The molecular weight excluding hydrogens is 245 g/mol. The molecule has 0 amide bonds. The molecule has 3 aromatic rings. The van der Waals surface area contributed by atoms with Crippen molar-refractivity contribution >= 4 is 27.2 Å². The van der Waals surface area contributed by atoms with Gasteiger partial charge < -0.3 is 10.4 Å². The van der Waals surface area contributed by atoms with Gasteiger partial charge in [-0.3, -0.25) is 0 Å². The normalized spacial score (nSPS) is 10.7. The predicted octanol–water partition coefficient (Wildman–Crippen LogP) is 3.71. The van der Waals surface area contributed by atoms with Crippen molar-refractivity contribution in [3.8, 4) is 16.3 Å².